The first kappa shape index (κ1) is 16.1. The van der Waals surface area contributed by atoms with Crippen LogP contribution in [-0.4, -0.2) is 11.7 Å². The smallest absolute Gasteiger partial charge is 0.142 e. The van der Waals surface area contributed by atoms with Gasteiger partial charge in [0.25, 0.3) is 0 Å². The zero-order chi connectivity index (χ0) is 14.3. The molecule has 0 aliphatic carbocycles. The summed E-state index contributed by atoms with van der Waals surface area (Å²) >= 11 is 17.8. The average Bonchev–Trinajstić information content (AvgIpc) is 2.53. The summed E-state index contributed by atoms with van der Waals surface area (Å²) < 4.78 is 12.4. The molecule has 0 spiro atoms. The summed E-state index contributed by atoms with van der Waals surface area (Å²) in [5.41, 5.74) is 2.02. The second-order valence-corrected chi connectivity index (χ2v) is 7.90. The molecule has 19 heavy (non-hydrogen) atoms. The van der Waals surface area contributed by atoms with Crippen molar-refractivity contribution < 1.29 is 4.74 Å². The highest BCUT2D eigenvalue weighted by Gasteiger charge is 2.21. The van der Waals surface area contributed by atoms with Gasteiger partial charge in [0.15, 0.2) is 0 Å². The van der Waals surface area contributed by atoms with E-state index in [1.165, 1.54) is 0 Å². The molecular weight excluding hydrogens is 574 g/mol. The minimum atomic E-state index is 0.796. The number of aromatic nitrogens is 1. The monoisotopic (exact) mass is 577 g/mol. The molecule has 1 aromatic heterocycles. The molecule has 2 nitrogen and oxygen atoms in total. The zero-order valence-electron chi connectivity index (χ0n) is 9.90. The fraction of sp³-hybridized carbons (Fsp3) is 0.167. The Labute approximate surface area is 153 Å². The molecular formula is C12H8Br5NO. The molecule has 0 fully saturated rings. The molecule has 0 N–H and O–H groups in total. The van der Waals surface area contributed by atoms with Gasteiger partial charge < -0.3 is 9.30 Å². The van der Waals surface area contributed by atoms with Crippen LogP contribution >= 0.6 is 79.6 Å². The van der Waals surface area contributed by atoms with Crippen molar-refractivity contribution in [2.45, 2.75) is 0 Å². The van der Waals surface area contributed by atoms with Gasteiger partial charge in [-0.15, -0.1) is 0 Å². The number of hydrogen-bond acceptors (Lipinski definition) is 1. The van der Waals surface area contributed by atoms with Crippen molar-refractivity contribution in [2.75, 3.05) is 7.11 Å². The Morgan fingerprint density at radius 3 is 2.11 bits per heavy atom. The molecule has 0 radical (unpaired) electrons. The molecule has 0 aliphatic rings. The quantitative estimate of drug-likeness (QED) is 0.394. The van der Waals surface area contributed by atoms with Crippen molar-refractivity contribution >= 4 is 79.6 Å². The number of rotatable bonds is 2. The van der Waals surface area contributed by atoms with Crippen molar-refractivity contribution in [1.29, 1.82) is 0 Å². The first-order valence-electron chi connectivity index (χ1n) is 5.11. The topological polar surface area (TPSA) is 14.2 Å². The summed E-state index contributed by atoms with van der Waals surface area (Å²) in [5, 5.41) is 0. The third-order valence-electron chi connectivity index (χ3n) is 2.68. The summed E-state index contributed by atoms with van der Waals surface area (Å²) in [4.78, 5) is 0. The van der Waals surface area contributed by atoms with E-state index in [9.17, 15) is 0 Å². The third kappa shape index (κ3) is 2.86. The molecule has 1 aromatic carbocycles. The van der Waals surface area contributed by atoms with Gasteiger partial charge in [0.05, 0.1) is 26.2 Å². The molecule has 2 aromatic rings. The van der Waals surface area contributed by atoms with Crippen molar-refractivity contribution in [1.82, 2.24) is 4.57 Å². The van der Waals surface area contributed by atoms with E-state index in [0.717, 1.165) is 39.5 Å². The number of ether oxygens (including phenoxy) is 1. The summed E-state index contributed by atoms with van der Waals surface area (Å²) in [6, 6.07) is 3.99. The van der Waals surface area contributed by atoms with Crippen LogP contribution in [0.5, 0.6) is 5.75 Å². The van der Waals surface area contributed by atoms with Gasteiger partial charge in [0, 0.05) is 17.1 Å². The van der Waals surface area contributed by atoms with E-state index >= 15 is 0 Å². The van der Waals surface area contributed by atoms with Crippen LogP contribution in [0.25, 0.3) is 11.3 Å². The molecule has 0 bridgehead atoms. The fourth-order valence-electron chi connectivity index (χ4n) is 1.83. The van der Waals surface area contributed by atoms with Gasteiger partial charge in [-0.2, -0.15) is 0 Å². The van der Waals surface area contributed by atoms with Gasteiger partial charge in [-0.25, -0.2) is 0 Å². The molecule has 7 heteroatoms. The highest BCUT2D eigenvalue weighted by Crippen LogP contribution is 2.46. The molecule has 102 valence electrons. The number of hydrogen-bond donors (Lipinski definition) is 0. The molecule has 0 aliphatic heterocycles. The predicted molar refractivity (Wildman–Crippen MR) is 95.9 cm³/mol. The third-order valence-corrected chi connectivity index (χ3v) is 7.26. The Morgan fingerprint density at radius 1 is 1.00 bits per heavy atom. The number of benzene rings is 1. The first-order valence-corrected chi connectivity index (χ1v) is 9.07. The minimum absolute atomic E-state index is 0.796. The number of nitrogens with zero attached hydrogens (tertiary/aromatic N) is 1. The second kappa shape index (κ2) is 6.22. The molecule has 0 unspecified atom stereocenters. The van der Waals surface area contributed by atoms with Crippen LogP contribution in [-0.2, 0) is 7.05 Å². The van der Waals surface area contributed by atoms with E-state index < -0.39 is 0 Å². The molecule has 0 amide bonds. The van der Waals surface area contributed by atoms with E-state index in [2.05, 4.69) is 79.6 Å². The van der Waals surface area contributed by atoms with Crippen LogP contribution in [0, 0.1) is 0 Å². The summed E-state index contributed by atoms with van der Waals surface area (Å²) in [6.45, 7) is 0. The average molecular weight is 582 g/mol. The Kier molecular flexibility index (Phi) is 5.26. The second-order valence-electron chi connectivity index (χ2n) is 3.79. The number of methoxy groups -OCH3 is 1. The first-order chi connectivity index (χ1) is 8.88. The maximum Gasteiger partial charge on any atom is 0.142 e. The highest BCUT2D eigenvalue weighted by molar-refractivity contribution is 9.14. The summed E-state index contributed by atoms with van der Waals surface area (Å²) in [7, 11) is 3.65. The Balaban J connectivity index is 2.83. The molecule has 1 heterocycles. The standard InChI is InChI=1S/C12H8Br5NO/c1-18-10(8(15)9(16)12(18)17)6-3-5(13)4-7(14)11(6)19-2/h3-4H,1-2H3. The lowest BCUT2D eigenvalue weighted by atomic mass is 10.1. The maximum absolute atomic E-state index is 5.51. The van der Waals surface area contributed by atoms with Crippen molar-refractivity contribution in [2.24, 2.45) is 7.05 Å². The van der Waals surface area contributed by atoms with Crippen LogP contribution < -0.4 is 4.74 Å². The SMILES string of the molecule is COc1c(Br)cc(Br)cc1-c1c(Br)c(Br)c(Br)n1C. The fourth-order valence-corrected chi connectivity index (χ4v) is 4.98. The largest absolute Gasteiger partial charge is 0.495 e. The van der Waals surface area contributed by atoms with Crippen LogP contribution in [0.4, 0.5) is 0 Å². The lowest BCUT2D eigenvalue weighted by Gasteiger charge is -2.13. The summed E-state index contributed by atoms with van der Waals surface area (Å²) in [6.07, 6.45) is 0. The van der Waals surface area contributed by atoms with E-state index in [1.54, 1.807) is 7.11 Å². The van der Waals surface area contributed by atoms with E-state index in [1.807, 2.05) is 23.7 Å². The van der Waals surface area contributed by atoms with Crippen molar-refractivity contribution in [3.63, 3.8) is 0 Å². The van der Waals surface area contributed by atoms with Crippen LogP contribution in [0.1, 0.15) is 0 Å². The van der Waals surface area contributed by atoms with Gasteiger partial charge in [0.2, 0.25) is 0 Å². The molecule has 0 atom stereocenters. The molecule has 0 saturated heterocycles. The van der Waals surface area contributed by atoms with Crippen LogP contribution in [0.3, 0.4) is 0 Å². The Hall–Kier alpha value is 0.700. The van der Waals surface area contributed by atoms with Crippen molar-refractivity contribution in [3.8, 4) is 17.0 Å². The van der Waals surface area contributed by atoms with Crippen molar-refractivity contribution in [3.05, 3.63) is 34.6 Å². The van der Waals surface area contributed by atoms with E-state index in [0.29, 0.717) is 0 Å². The summed E-state index contributed by atoms with van der Waals surface area (Å²) in [5.74, 6) is 0.796. The lowest BCUT2D eigenvalue weighted by molar-refractivity contribution is 0.413. The zero-order valence-corrected chi connectivity index (χ0v) is 17.8. The molecule has 0 saturated carbocycles. The van der Waals surface area contributed by atoms with Gasteiger partial charge in [-0.1, -0.05) is 15.9 Å². The predicted octanol–water partition coefficient (Wildman–Crippen LogP) is 6.51. The van der Waals surface area contributed by atoms with E-state index in [-0.39, 0.29) is 0 Å². The molecule has 2 rings (SSSR count). The van der Waals surface area contributed by atoms with Gasteiger partial charge in [0.1, 0.15) is 10.4 Å². The van der Waals surface area contributed by atoms with Crippen LogP contribution in [0.15, 0.2) is 34.6 Å². The lowest BCUT2D eigenvalue weighted by Crippen LogP contribution is -1.96. The van der Waals surface area contributed by atoms with Gasteiger partial charge in [-0.05, 0) is 75.9 Å². The Morgan fingerprint density at radius 2 is 1.63 bits per heavy atom. The highest BCUT2D eigenvalue weighted by atomic mass is 79.9. The van der Waals surface area contributed by atoms with Gasteiger partial charge in [-0.3, -0.25) is 0 Å². The normalized spacial score (nSPS) is 10.9. The van der Waals surface area contributed by atoms with E-state index in [4.69, 9.17) is 4.74 Å². The Bertz CT molecular complexity index is 625. The van der Waals surface area contributed by atoms with Gasteiger partial charge >= 0.3 is 0 Å². The maximum atomic E-state index is 5.51. The minimum Gasteiger partial charge on any atom is -0.495 e. The number of halogens is 5. The van der Waals surface area contributed by atoms with Crippen LogP contribution in [0.2, 0.25) is 0 Å².